The smallest absolute Gasteiger partial charge is 0.257 e. The number of rotatable bonds is 9. The maximum absolute atomic E-state index is 14.3. The van der Waals surface area contributed by atoms with Crippen molar-refractivity contribution in [2.75, 3.05) is 53.0 Å². The van der Waals surface area contributed by atoms with Gasteiger partial charge in [-0.2, -0.15) is 0 Å². The first-order chi connectivity index (χ1) is 19.4. The normalized spacial score (nSPS) is 17.2. The minimum Gasteiger partial charge on any atom is -0.497 e. The first kappa shape index (κ1) is 27.6. The first-order valence-electron chi connectivity index (χ1n) is 13.6. The van der Waals surface area contributed by atoms with Crippen LogP contribution >= 0.6 is 0 Å². The van der Waals surface area contributed by atoms with Gasteiger partial charge in [0.05, 0.1) is 45.7 Å². The van der Waals surface area contributed by atoms with Gasteiger partial charge < -0.3 is 33.9 Å². The van der Waals surface area contributed by atoms with E-state index in [9.17, 15) is 9.90 Å². The summed E-state index contributed by atoms with van der Waals surface area (Å²) in [6.07, 6.45) is 6.89. The summed E-state index contributed by atoms with van der Waals surface area (Å²) in [4.78, 5) is 22.6. The lowest BCUT2D eigenvalue weighted by Gasteiger charge is -2.40. The van der Waals surface area contributed by atoms with E-state index in [1.807, 2.05) is 6.07 Å². The molecular weight excluding hydrogens is 510 g/mol. The predicted molar refractivity (Wildman–Crippen MR) is 152 cm³/mol. The van der Waals surface area contributed by atoms with E-state index in [-0.39, 0.29) is 5.91 Å². The van der Waals surface area contributed by atoms with Gasteiger partial charge in [0, 0.05) is 44.2 Å². The molecule has 0 spiro atoms. The molecule has 2 fully saturated rings. The van der Waals surface area contributed by atoms with Crippen LogP contribution < -0.4 is 23.8 Å². The van der Waals surface area contributed by atoms with Crippen molar-refractivity contribution in [3.05, 3.63) is 71.5 Å². The Balaban J connectivity index is 1.66. The van der Waals surface area contributed by atoms with Crippen molar-refractivity contribution < 1.29 is 28.8 Å². The average molecular weight is 548 g/mol. The number of nitrogens with zero attached hydrogens (tertiary/aromatic N) is 3. The van der Waals surface area contributed by atoms with Gasteiger partial charge >= 0.3 is 0 Å². The minimum atomic E-state index is -1.65. The maximum Gasteiger partial charge on any atom is 0.257 e. The molecule has 3 aromatic rings. The summed E-state index contributed by atoms with van der Waals surface area (Å²) in [5, 5.41) is 12.9. The van der Waals surface area contributed by atoms with Crippen LogP contribution in [-0.2, 0) is 5.60 Å². The number of hydrogen-bond donors (Lipinski definition) is 1. The van der Waals surface area contributed by atoms with Crippen molar-refractivity contribution in [2.24, 2.45) is 0 Å². The van der Waals surface area contributed by atoms with Crippen LogP contribution in [0.5, 0.6) is 23.0 Å². The minimum absolute atomic E-state index is 0.152. The van der Waals surface area contributed by atoms with Crippen LogP contribution in [0.4, 0.5) is 5.69 Å². The third-order valence-corrected chi connectivity index (χ3v) is 8.05. The highest BCUT2D eigenvalue weighted by atomic mass is 16.5. The maximum atomic E-state index is 14.3. The number of hydrogen-bond acceptors (Lipinski definition) is 8. The highest BCUT2D eigenvalue weighted by molar-refractivity contribution is 6.00. The fraction of sp³-hybridized carbons (Fsp3) is 0.419. The van der Waals surface area contributed by atoms with Gasteiger partial charge in [0.25, 0.3) is 5.91 Å². The summed E-state index contributed by atoms with van der Waals surface area (Å²) in [5.41, 5.74) is 0.860. The number of aromatic nitrogens is 1. The van der Waals surface area contributed by atoms with Crippen LogP contribution in [0.15, 0.2) is 54.9 Å². The zero-order valence-electron chi connectivity index (χ0n) is 23.6. The van der Waals surface area contributed by atoms with Crippen molar-refractivity contribution in [2.45, 2.75) is 37.3 Å². The van der Waals surface area contributed by atoms with E-state index in [4.69, 9.17) is 18.9 Å². The Morgan fingerprint density at radius 2 is 1.35 bits per heavy atom. The van der Waals surface area contributed by atoms with E-state index in [0.717, 1.165) is 38.0 Å². The number of likely N-dealkylation sites (tertiary alicyclic amines) is 1. The number of aliphatic hydroxyl groups is 1. The SMILES string of the molecule is COc1cc(OC)cc(C(O)(c2cc(OC)cc(OC)c2)[C@@H]2CCCN2C(=O)c2cnccc2N2CCCC2)c1. The third-order valence-electron chi connectivity index (χ3n) is 8.05. The average Bonchev–Trinajstić information content (AvgIpc) is 3.73. The van der Waals surface area contributed by atoms with Crippen molar-refractivity contribution in [3.63, 3.8) is 0 Å². The molecule has 9 nitrogen and oxygen atoms in total. The second-order valence-corrected chi connectivity index (χ2v) is 10.2. The Morgan fingerprint density at radius 1 is 0.825 bits per heavy atom. The standard InChI is InChI=1S/C31H37N3O6/c1-37-23-14-21(15-24(18-23)38-2)31(36,22-16-25(39-3)19-26(17-22)40-4)29-8-7-13-34(29)30(35)27-20-32-10-9-28(27)33-11-5-6-12-33/h9-10,14-20,29,36H,5-8,11-13H2,1-4H3/t29-/m0/s1. The second kappa shape index (κ2) is 11.6. The van der Waals surface area contributed by atoms with Crippen LogP contribution in [0.3, 0.4) is 0 Å². The molecule has 212 valence electrons. The zero-order valence-corrected chi connectivity index (χ0v) is 23.6. The molecule has 0 bridgehead atoms. The van der Waals surface area contributed by atoms with Gasteiger partial charge in [-0.05, 0) is 67.1 Å². The van der Waals surface area contributed by atoms with Crippen molar-refractivity contribution in [1.82, 2.24) is 9.88 Å². The third kappa shape index (κ3) is 5.01. The van der Waals surface area contributed by atoms with Crippen LogP contribution in [0.2, 0.25) is 0 Å². The Hall–Kier alpha value is -3.98. The summed E-state index contributed by atoms with van der Waals surface area (Å²) in [5.74, 6) is 1.97. The highest BCUT2D eigenvalue weighted by Gasteiger charge is 2.48. The predicted octanol–water partition coefficient (Wildman–Crippen LogP) is 4.26. The van der Waals surface area contributed by atoms with Gasteiger partial charge in [0.15, 0.2) is 0 Å². The number of carbonyl (C=O) groups excluding carboxylic acids is 1. The van der Waals surface area contributed by atoms with Gasteiger partial charge in [-0.1, -0.05) is 0 Å². The molecule has 2 aromatic carbocycles. The largest absolute Gasteiger partial charge is 0.497 e. The monoisotopic (exact) mass is 547 g/mol. The lowest BCUT2D eigenvalue weighted by atomic mass is 9.78. The second-order valence-electron chi connectivity index (χ2n) is 10.2. The fourth-order valence-corrected chi connectivity index (χ4v) is 5.99. The number of ether oxygens (including phenoxy) is 4. The van der Waals surface area contributed by atoms with Crippen LogP contribution in [0.25, 0.3) is 0 Å². The molecule has 2 aliphatic rings. The van der Waals surface area contributed by atoms with E-state index in [0.29, 0.717) is 52.7 Å². The molecule has 9 heteroatoms. The molecule has 1 amide bonds. The Kier molecular flexibility index (Phi) is 8.02. The van der Waals surface area contributed by atoms with Gasteiger partial charge in [-0.3, -0.25) is 9.78 Å². The molecule has 3 heterocycles. The molecule has 40 heavy (non-hydrogen) atoms. The molecular formula is C31H37N3O6. The first-order valence-corrected chi connectivity index (χ1v) is 13.6. The molecule has 1 atom stereocenters. The van der Waals surface area contributed by atoms with Gasteiger partial charge in [0.1, 0.15) is 28.6 Å². The van der Waals surface area contributed by atoms with Crippen molar-refractivity contribution in [3.8, 4) is 23.0 Å². The van der Waals surface area contributed by atoms with Crippen molar-refractivity contribution in [1.29, 1.82) is 0 Å². The van der Waals surface area contributed by atoms with E-state index in [1.165, 1.54) is 0 Å². The Bertz CT molecular complexity index is 1260. The lowest BCUT2D eigenvalue weighted by Crippen LogP contribution is -2.50. The van der Waals surface area contributed by atoms with Gasteiger partial charge in [-0.25, -0.2) is 0 Å². The summed E-state index contributed by atoms with van der Waals surface area (Å²) >= 11 is 0. The Labute approximate surface area is 235 Å². The molecule has 0 radical (unpaired) electrons. The molecule has 0 saturated carbocycles. The topological polar surface area (TPSA) is 93.6 Å². The summed E-state index contributed by atoms with van der Waals surface area (Å²) < 4.78 is 22.2. The van der Waals surface area contributed by atoms with E-state index >= 15 is 0 Å². The molecule has 2 aliphatic heterocycles. The number of methoxy groups -OCH3 is 4. The fourth-order valence-electron chi connectivity index (χ4n) is 5.99. The summed E-state index contributed by atoms with van der Waals surface area (Å²) in [7, 11) is 6.28. The molecule has 5 rings (SSSR count). The van der Waals surface area contributed by atoms with E-state index in [2.05, 4.69) is 9.88 Å². The number of carbonyl (C=O) groups is 1. The zero-order chi connectivity index (χ0) is 28.3. The highest BCUT2D eigenvalue weighted by Crippen LogP contribution is 2.45. The van der Waals surface area contributed by atoms with Crippen LogP contribution in [-0.4, -0.2) is 75.0 Å². The number of pyridine rings is 1. The molecule has 0 unspecified atom stereocenters. The van der Waals surface area contributed by atoms with Gasteiger partial charge in [-0.15, -0.1) is 0 Å². The number of amides is 1. The van der Waals surface area contributed by atoms with Gasteiger partial charge in [0.2, 0.25) is 0 Å². The van der Waals surface area contributed by atoms with E-state index < -0.39 is 11.6 Å². The van der Waals surface area contributed by atoms with Crippen LogP contribution in [0.1, 0.15) is 47.2 Å². The van der Waals surface area contributed by atoms with E-state index in [1.54, 1.807) is 82.1 Å². The summed E-state index contributed by atoms with van der Waals surface area (Å²) in [6.45, 7) is 2.32. The molecule has 1 aromatic heterocycles. The van der Waals surface area contributed by atoms with Crippen molar-refractivity contribution >= 4 is 11.6 Å². The number of anilines is 1. The summed E-state index contributed by atoms with van der Waals surface area (Å²) in [6, 6.07) is 12.0. The molecule has 0 aliphatic carbocycles. The number of benzene rings is 2. The van der Waals surface area contributed by atoms with Crippen LogP contribution in [0, 0.1) is 0 Å². The lowest BCUT2D eigenvalue weighted by molar-refractivity contribution is -0.00116. The quantitative estimate of drug-likeness (QED) is 0.425. The molecule has 2 saturated heterocycles. The Morgan fingerprint density at radius 3 is 1.85 bits per heavy atom. The molecule has 1 N–H and O–H groups in total.